The second-order valence-electron chi connectivity index (χ2n) is 9.93. The highest BCUT2D eigenvalue weighted by Crippen LogP contribution is 2.36. The van der Waals surface area contributed by atoms with E-state index < -0.39 is 12.0 Å². The predicted octanol–water partition coefficient (Wildman–Crippen LogP) is 6.05. The first-order chi connectivity index (χ1) is 22.3. The molecule has 1 atom stereocenters. The number of halogens is 2. The monoisotopic (exact) mass is 774 g/mol. The number of thiazole rings is 1. The lowest BCUT2D eigenvalue weighted by atomic mass is 9.97. The van der Waals surface area contributed by atoms with Crippen molar-refractivity contribution in [3.05, 3.63) is 111 Å². The molecule has 0 amide bonds. The number of carbonyl (C=O) groups excluding carboxylic acids is 1. The number of ether oxygens (including phenoxy) is 5. The Hall–Kier alpha value is -3.81. The van der Waals surface area contributed by atoms with Crippen molar-refractivity contribution < 1.29 is 28.5 Å². The highest BCUT2D eigenvalue weighted by atomic mass is 127. The lowest BCUT2D eigenvalue weighted by molar-refractivity contribution is -0.136. The summed E-state index contributed by atoms with van der Waals surface area (Å²) in [6.45, 7) is 7.31. The van der Waals surface area contributed by atoms with Gasteiger partial charge in [0, 0.05) is 11.2 Å². The van der Waals surface area contributed by atoms with Crippen LogP contribution in [0.1, 0.15) is 43.5 Å². The van der Waals surface area contributed by atoms with Crippen molar-refractivity contribution in [1.29, 1.82) is 0 Å². The fraction of sp³-hybridized carbons (Fsp3) is 0.265. The summed E-state index contributed by atoms with van der Waals surface area (Å²) < 4.78 is 31.5. The largest absolute Gasteiger partial charge is 0.490 e. The fourth-order valence-corrected chi connectivity index (χ4v) is 6.83. The summed E-state index contributed by atoms with van der Waals surface area (Å²) >= 11 is 9.46. The zero-order valence-electron chi connectivity index (χ0n) is 25.7. The van der Waals surface area contributed by atoms with Gasteiger partial charge in [0.1, 0.15) is 6.61 Å². The standard InChI is InChI=1S/C34H32ClIN2O7S/c1-5-42-26-13-10-22(17-27(26)43-6-2)30-24(33(40)41-4)18-37-34-38(30)32(39)29(46-34)16-21-14-25(36)31(28(15-21)44-7-3)45-19-20-8-11-23(35)12-9-20/h8-18,30H,5-7,19H2,1-4H3/b29-16+/t30-/m0/s1. The van der Waals surface area contributed by atoms with Gasteiger partial charge in [-0.3, -0.25) is 9.36 Å². The molecule has 0 bridgehead atoms. The Morgan fingerprint density at radius 1 is 0.957 bits per heavy atom. The van der Waals surface area contributed by atoms with E-state index in [9.17, 15) is 9.59 Å². The van der Waals surface area contributed by atoms with Crippen LogP contribution in [0, 0.1) is 3.57 Å². The summed E-state index contributed by atoms with van der Waals surface area (Å²) in [5.74, 6) is 1.68. The molecule has 4 aromatic rings. The van der Waals surface area contributed by atoms with Crippen LogP contribution in [-0.4, -0.2) is 37.5 Å². The summed E-state index contributed by atoms with van der Waals surface area (Å²) in [4.78, 5) is 31.9. The van der Waals surface area contributed by atoms with E-state index in [-0.39, 0.29) is 11.1 Å². The second kappa shape index (κ2) is 15.2. The maximum absolute atomic E-state index is 14.1. The van der Waals surface area contributed by atoms with Crippen molar-refractivity contribution in [3.8, 4) is 23.0 Å². The van der Waals surface area contributed by atoms with Gasteiger partial charge in [0.25, 0.3) is 5.56 Å². The first-order valence-electron chi connectivity index (χ1n) is 14.6. The van der Waals surface area contributed by atoms with E-state index in [2.05, 4.69) is 27.6 Å². The summed E-state index contributed by atoms with van der Waals surface area (Å²) in [5.41, 5.74) is 2.30. The Kier molecular flexibility index (Phi) is 11.1. The molecular weight excluding hydrogens is 743 g/mol. The van der Waals surface area contributed by atoms with Gasteiger partial charge in [0.15, 0.2) is 27.8 Å². The van der Waals surface area contributed by atoms with E-state index in [0.29, 0.717) is 69.3 Å². The minimum absolute atomic E-state index is 0.225. The Morgan fingerprint density at radius 3 is 2.35 bits per heavy atom. The van der Waals surface area contributed by atoms with Crippen LogP contribution >= 0.6 is 45.5 Å². The van der Waals surface area contributed by atoms with Gasteiger partial charge >= 0.3 is 5.97 Å². The number of hydrogen-bond donors (Lipinski definition) is 0. The lowest BCUT2D eigenvalue weighted by Gasteiger charge is -2.23. The highest BCUT2D eigenvalue weighted by molar-refractivity contribution is 14.1. The average Bonchev–Trinajstić information content (AvgIpc) is 3.36. The normalized spacial score (nSPS) is 14.2. The fourth-order valence-electron chi connectivity index (χ4n) is 4.95. The maximum atomic E-state index is 14.1. The highest BCUT2D eigenvalue weighted by Gasteiger charge is 2.31. The Morgan fingerprint density at radius 2 is 1.65 bits per heavy atom. The molecule has 0 aliphatic carbocycles. The summed E-state index contributed by atoms with van der Waals surface area (Å²) in [5, 5.41) is 0.658. The number of esters is 1. The molecule has 1 aliphatic rings. The van der Waals surface area contributed by atoms with Gasteiger partial charge in [-0.2, -0.15) is 0 Å². The molecule has 0 spiro atoms. The van der Waals surface area contributed by atoms with Crippen molar-refractivity contribution in [2.24, 2.45) is 4.99 Å². The molecule has 0 fully saturated rings. The number of fused-ring (bicyclic) bond motifs is 1. The first-order valence-corrected chi connectivity index (χ1v) is 16.9. The van der Waals surface area contributed by atoms with Gasteiger partial charge < -0.3 is 23.7 Å². The van der Waals surface area contributed by atoms with Gasteiger partial charge in [0.2, 0.25) is 0 Å². The third-order valence-electron chi connectivity index (χ3n) is 6.93. The van der Waals surface area contributed by atoms with Gasteiger partial charge in [-0.1, -0.05) is 41.1 Å². The van der Waals surface area contributed by atoms with Crippen molar-refractivity contribution >= 4 is 57.6 Å². The van der Waals surface area contributed by atoms with Crippen LogP contribution in [0.5, 0.6) is 23.0 Å². The number of aromatic nitrogens is 1. The number of methoxy groups -OCH3 is 1. The van der Waals surface area contributed by atoms with Crippen LogP contribution in [0.4, 0.5) is 0 Å². The molecule has 46 heavy (non-hydrogen) atoms. The Bertz CT molecular complexity index is 1950. The molecule has 9 nitrogen and oxygen atoms in total. The van der Waals surface area contributed by atoms with E-state index in [1.807, 2.05) is 63.2 Å². The van der Waals surface area contributed by atoms with Gasteiger partial charge in [-0.15, -0.1) is 0 Å². The Labute approximate surface area is 288 Å². The molecule has 1 aromatic heterocycles. The van der Waals surface area contributed by atoms with Crippen molar-refractivity contribution in [2.75, 3.05) is 26.9 Å². The molecule has 3 aromatic carbocycles. The lowest BCUT2D eigenvalue weighted by Crippen LogP contribution is -2.39. The molecule has 0 radical (unpaired) electrons. The molecule has 12 heteroatoms. The third-order valence-corrected chi connectivity index (χ3v) is 8.98. The van der Waals surface area contributed by atoms with Crippen LogP contribution in [0.3, 0.4) is 0 Å². The molecular formula is C34H32ClIN2O7S. The number of rotatable bonds is 12. The SMILES string of the molecule is CCOc1ccc([C@H]2C(C(=O)OC)=CN=c3s/c(=C/c4cc(I)c(OCc5ccc(Cl)cc5)c(OCC)c4)c(=O)n32)cc1OCC. The topological polar surface area (TPSA) is 97.6 Å². The second-order valence-corrected chi connectivity index (χ2v) is 12.5. The summed E-state index contributed by atoms with van der Waals surface area (Å²) in [6.07, 6.45) is 3.26. The predicted molar refractivity (Wildman–Crippen MR) is 186 cm³/mol. The van der Waals surface area contributed by atoms with E-state index in [1.54, 1.807) is 18.2 Å². The summed E-state index contributed by atoms with van der Waals surface area (Å²) in [6, 6.07) is 15.8. The van der Waals surface area contributed by atoms with Gasteiger partial charge in [0.05, 0.1) is 46.6 Å². The van der Waals surface area contributed by atoms with Crippen LogP contribution in [-0.2, 0) is 16.1 Å². The molecule has 0 saturated carbocycles. The molecule has 2 heterocycles. The van der Waals surface area contributed by atoms with E-state index in [1.165, 1.54) is 29.2 Å². The number of benzene rings is 3. The van der Waals surface area contributed by atoms with Crippen molar-refractivity contribution in [3.63, 3.8) is 0 Å². The van der Waals surface area contributed by atoms with Crippen molar-refractivity contribution in [1.82, 2.24) is 4.57 Å². The first kappa shape index (κ1) is 33.6. The minimum Gasteiger partial charge on any atom is -0.490 e. The molecule has 240 valence electrons. The molecule has 0 saturated heterocycles. The van der Waals surface area contributed by atoms with Crippen LogP contribution in [0.25, 0.3) is 6.08 Å². The number of nitrogens with zero attached hydrogens (tertiary/aromatic N) is 2. The van der Waals surface area contributed by atoms with Gasteiger partial charge in [-0.25, -0.2) is 9.79 Å². The minimum atomic E-state index is -0.788. The third kappa shape index (κ3) is 7.26. The number of hydrogen-bond acceptors (Lipinski definition) is 9. The van der Waals surface area contributed by atoms with Crippen molar-refractivity contribution in [2.45, 2.75) is 33.4 Å². The molecule has 0 N–H and O–H groups in total. The number of carbonyl (C=O) groups is 1. The molecule has 0 unspecified atom stereocenters. The van der Waals surface area contributed by atoms with Gasteiger partial charge in [-0.05, 0) is 103 Å². The quantitative estimate of drug-likeness (QED) is 0.128. The van der Waals surface area contributed by atoms with E-state index >= 15 is 0 Å². The van der Waals surface area contributed by atoms with Crippen LogP contribution in [0.2, 0.25) is 5.02 Å². The molecule has 5 rings (SSSR count). The zero-order chi connectivity index (χ0) is 32.8. The van der Waals surface area contributed by atoms with Crippen LogP contribution < -0.4 is 33.8 Å². The van der Waals surface area contributed by atoms with E-state index in [4.69, 9.17) is 35.3 Å². The Balaban J connectivity index is 1.57. The zero-order valence-corrected chi connectivity index (χ0v) is 29.4. The smallest absolute Gasteiger partial charge is 0.337 e. The summed E-state index contributed by atoms with van der Waals surface area (Å²) in [7, 11) is 1.30. The van der Waals surface area contributed by atoms with E-state index in [0.717, 1.165) is 14.7 Å². The maximum Gasteiger partial charge on any atom is 0.337 e. The average molecular weight is 775 g/mol. The van der Waals surface area contributed by atoms with Crippen LogP contribution in [0.15, 0.2) is 76.2 Å². The molecule has 1 aliphatic heterocycles.